The average Bonchev–Trinajstić information content (AvgIpc) is 2.64. The van der Waals surface area contributed by atoms with E-state index in [4.69, 9.17) is 21.2 Å². The van der Waals surface area contributed by atoms with Crippen LogP contribution in [0.3, 0.4) is 0 Å². The van der Waals surface area contributed by atoms with Gasteiger partial charge in [0.25, 0.3) is 0 Å². The molecule has 1 atom stereocenters. The molecule has 0 spiro atoms. The Kier molecular flexibility index (Phi) is 6.47. The Morgan fingerprint density at radius 2 is 1.88 bits per heavy atom. The Morgan fingerprint density at radius 3 is 2.42 bits per heavy atom. The number of nitriles is 1. The predicted octanol–water partition coefficient (Wildman–Crippen LogP) is 3.21. The molecule has 2 aromatic rings. The van der Waals surface area contributed by atoms with E-state index in [-0.39, 0.29) is 6.61 Å². The van der Waals surface area contributed by atoms with Crippen molar-refractivity contribution in [1.29, 1.82) is 5.26 Å². The molecule has 6 nitrogen and oxygen atoms in total. The maximum Gasteiger partial charge on any atom is 0.330 e. The maximum atomic E-state index is 11.8. The van der Waals surface area contributed by atoms with Gasteiger partial charge in [0.2, 0.25) is 0 Å². The van der Waals surface area contributed by atoms with E-state index in [1.165, 1.54) is 0 Å². The molecule has 6 heteroatoms. The van der Waals surface area contributed by atoms with Crippen LogP contribution in [0, 0.1) is 23.7 Å². The molecule has 0 aliphatic carbocycles. The Balaban J connectivity index is 2.35. The largest absolute Gasteiger partial charge is 0.494 e. The van der Waals surface area contributed by atoms with Gasteiger partial charge in [0.1, 0.15) is 18.1 Å². The fraction of sp³-hybridized carbons (Fsp3) is 0.200. The summed E-state index contributed by atoms with van der Waals surface area (Å²) in [6.45, 7) is 2.33. The van der Waals surface area contributed by atoms with Gasteiger partial charge >= 0.3 is 5.97 Å². The van der Waals surface area contributed by atoms with E-state index in [1.54, 1.807) is 42.5 Å². The number of rotatable bonds is 8. The Hall–Kier alpha value is -3.64. The third kappa shape index (κ3) is 4.93. The van der Waals surface area contributed by atoms with E-state index in [2.05, 4.69) is 11.2 Å². The Bertz CT molecular complexity index is 848. The summed E-state index contributed by atoms with van der Waals surface area (Å²) in [4.78, 5) is 11.8. The van der Waals surface area contributed by atoms with Crippen molar-refractivity contribution in [2.24, 2.45) is 0 Å². The number of nitrogens with one attached hydrogen (secondary N) is 1. The summed E-state index contributed by atoms with van der Waals surface area (Å²) in [6, 6.07) is 12.4. The van der Waals surface area contributed by atoms with Crippen molar-refractivity contribution in [3.8, 4) is 29.9 Å². The lowest BCUT2D eigenvalue weighted by atomic mass is 10.1. The number of carboxylic acids is 1. The first-order valence-electron chi connectivity index (χ1n) is 7.91. The Labute approximate surface area is 152 Å². The van der Waals surface area contributed by atoms with Gasteiger partial charge in [-0.15, -0.1) is 6.42 Å². The van der Waals surface area contributed by atoms with Gasteiger partial charge in [-0.25, -0.2) is 4.79 Å². The molecule has 0 aliphatic rings. The summed E-state index contributed by atoms with van der Waals surface area (Å²) in [7, 11) is 0. The second-order valence-corrected chi connectivity index (χ2v) is 5.27. The summed E-state index contributed by atoms with van der Waals surface area (Å²) in [5.74, 6) is 2.22. The van der Waals surface area contributed by atoms with Crippen molar-refractivity contribution < 1.29 is 19.4 Å². The van der Waals surface area contributed by atoms with Gasteiger partial charge in [-0.3, -0.25) is 0 Å². The number of terminal acetylenes is 1. The van der Waals surface area contributed by atoms with Crippen LogP contribution in [0.2, 0.25) is 0 Å². The number of aliphatic carboxylic acids is 1. The third-order valence-corrected chi connectivity index (χ3v) is 3.44. The first kappa shape index (κ1) is 18.7. The van der Waals surface area contributed by atoms with Crippen molar-refractivity contribution in [2.75, 3.05) is 18.5 Å². The normalized spacial score (nSPS) is 10.9. The van der Waals surface area contributed by atoms with Crippen LogP contribution in [0.4, 0.5) is 5.69 Å². The quantitative estimate of drug-likeness (QED) is 0.710. The van der Waals surface area contributed by atoms with Crippen LogP contribution < -0.4 is 14.8 Å². The zero-order valence-electron chi connectivity index (χ0n) is 14.2. The minimum Gasteiger partial charge on any atom is -0.494 e. The highest BCUT2D eigenvalue weighted by molar-refractivity contribution is 5.79. The van der Waals surface area contributed by atoms with Gasteiger partial charge in [-0.05, 0) is 48.9 Å². The van der Waals surface area contributed by atoms with Gasteiger partial charge in [0.05, 0.1) is 18.2 Å². The number of carboxylic acid groups (broad SMARTS) is 1. The second kappa shape index (κ2) is 9.00. The van der Waals surface area contributed by atoms with Gasteiger partial charge in [-0.1, -0.05) is 5.92 Å². The minimum absolute atomic E-state index is 0.0653. The van der Waals surface area contributed by atoms with E-state index in [9.17, 15) is 9.90 Å². The predicted molar refractivity (Wildman–Crippen MR) is 97.1 cm³/mol. The van der Waals surface area contributed by atoms with Gasteiger partial charge < -0.3 is 19.9 Å². The number of carbonyl (C=O) groups is 1. The van der Waals surface area contributed by atoms with Crippen LogP contribution in [0.25, 0.3) is 0 Å². The summed E-state index contributed by atoms with van der Waals surface area (Å²) in [5.41, 5.74) is 1.52. The van der Waals surface area contributed by atoms with Crippen molar-refractivity contribution in [3.63, 3.8) is 0 Å². The highest BCUT2D eigenvalue weighted by Crippen LogP contribution is 2.29. The maximum absolute atomic E-state index is 11.8. The molecule has 0 fully saturated rings. The van der Waals surface area contributed by atoms with E-state index in [0.717, 1.165) is 0 Å². The second-order valence-electron chi connectivity index (χ2n) is 5.27. The molecule has 26 heavy (non-hydrogen) atoms. The zero-order valence-corrected chi connectivity index (χ0v) is 14.2. The Morgan fingerprint density at radius 1 is 1.23 bits per heavy atom. The number of hydrogen-bond acceptors (Lipinski definition) is 5. The molecule has 0 aromatic heterocycles. The number of nitrogens with zero attached hydrogens (tertiary/aromatic N) is 1. The number of hydrogen-bond donors (Lipinski definition) is 2. The highest BCUT2D eigenvalue weighted by atomic mass is 16.5. The average molecular weight is 350 g/mol. The fourth-order valence-electron chi connectivity index (χ4n) is 2.31. The van der Waals surface area contributed by atoms with E-state index >= 15 is 0 Å². The molecule has 0 bridgehead atoms. The van der Waals surface area contributed by atoms with E-state index in [0.29, 0.717) is 34.9 Å². The molecule has 0 saturated heterocycles. The first-order chi connectivity index (χ1) is 12.6. The van der Waals surface area contributed by atoms with Crippen molar-refractivity contribution >= 4 is 11.7 Å². The molecule has 0 radical (unpaired) electrons. The third-order valence-electron chi connectivity index (χ3n) is 3.44. The molecular weight excluding hydrogens is 332 g/mol. The molecule has 0 aliphatic heterocycles. The number of anilines is 1. The van der Waals surface area contributed by atoms with Crippen molar-refractivity contribution in [3.05, 3.63) is 53.6 Å². The van der Waals surface area contributed by atoms with Crippen LogP contribution in [0.1, 0.15) is 24.1 Å². The van der Waals surface area contributed by atoms with E-state index < -0.39 is 12.0 Å². The van der Waals surface area contributed by atoms with Gasteiger partial charge in [0, 0.05) is 11.8 Å². The molecule has 2 aromatic carbocycles. The van der Waals surface area contributed by atoms with Crippen LogP contribution in [-0.4, -0.2) is 24.3 Å². The fourth-order valence-corrected chi connectivity index (χ4v) is 2.31. The monoisotopic (exact) mass is 350 g/mol. The lowest BCUT2D eigenvalue weighted by Gasteiger charge is -2.18. The van der Waals surface area contributed by atoms with Crippen molar-refractivity contribution in [2.45, 2.75) is 13.0 Å². The summed E-state index contributed by atoms with van der Waals surface area (Å²) < 4.78 is 10.9. The SMILES string of the molecule is C#CCOc1cc(OCC)cc([C@@H](Nc2ccc(C#N)cc2)C(=O)O)c1. The molecule has 2 rings (SSSR count). The number of benzene rings is 2. The smallest absolute Gasteiger partial charge is 0.330 e. The van der Waals surface area contributed by atoms with Crippen LogP contribution in [-0.2, 0) is 4.79 Å². The highest BCUT2D eigenvalue weighted by Gasteiger charge is 2.21. The number of ether oxygens (including phenoxy) is 2. The molecule has 0 amide bonds. The van der Waals surface area contributed by atoms with Crippen LogP contribution in [0.5, 0.6) is 11.5 Å². The van der Waals surface area contributed by atoms with Crippen molar-refractivity contribution in [1.82, 2.24) is 0 Å². The topological polar surface area (TPSA) is 91.6 Å². The summed E-state index contributed by atoms with van der Waals surface area (Å²) >= 11 is 0. The summed E-state index contributed by atoms with van der Waals surface area (Å²) in [5, 5.41) is 21.4. The van der Waals surface area contributed by atoms with Gasteiger partial charge in [0.15, 0.2) is 6.04 Å². The lowest BCUT2D eigenvalue weighted by molar-refractivity contribution is -0.138. The van der Waals surface area contributed by atoms with Crippen LogP contribution in [0.15, 0.2) is 42.5 Å². The van der Waals surface area contributed by atoms with E-state index in [1.807, 2.05) is 13.0 Å². The molecular formula is C20H18N2O4. The first-order valence-corrected chi connectivity index (χ1v) is 7.91. The zero-order chi connectivity index (χ0) is 18.9. The molecule has 0 heterocycles. The van der Waals surface area contributed by atoms with Gasteiger partial charge in [-0.2, -0.15) is 5.26 Å². The molecule has 132 valence electrons. The lowest BCUT2D eigenvalue weighted by Crippen LogP contribution is -2.20. The standard InChI is InChI=1S/C20H18N2O4/c1-3-9-26-18-11-15(10-17(12-18)25-4-2)19(20(23)24)22-16-7-5-14(13-21)6-8-16/h1,5-8,10-12,19,22H,4,9H2,2H3,(H,23,24)/t19-/m1/s1. The van der Waals surface area contributed by atoms with Crippen LogP contribution >= 0.6 is 0 Å². The minimum atomic E-state index is -1.06. The molecule has 2 N–H and O–H groups in total. The summed E-state index contributed by atoms with van der Waals surface area (Å²) in [6.07, 6.45) is 5.21. The molecule has 0 saturated carbocycles. The molecule has 0 unspecified atom stereocenters.